The Morgan fingerprint density at radius 1 is 1.18 bits per heavy atom. The van der Waals surface area contributed by atoms with Gasteiger partial charge in [0.25, 0.3) is 0 Å². The highest BCUT2D eigenvalue weighted by molar-refractivity contribution is 5.93. The van der Waals surface area contributed by atoms with E-state index in [0.717, 1.165) is 6.42 Å². The second kappa shape index (κ2) is 4.52. The van der Waals surface area contributed by atoms with Crippen molar-refractivity contribution in [3.8, 4) is 0 Å². The summed E-state index contributed by atoms with van der Waals surface area (Å²) in [6, 6.07) is 0.306. The third-order valence-electron chi connectivity index (χ3n) is 4.05. The third kappa shape index (κ3) is 2.36. The summed E-state index contributed by atoms with van der Waals surface area (Å²) in [5.41, 5.74) is 10.0. The summed E-state index contributed by atoms with van der Waals surface area (Å²) in [4.78, 5) is 4.66. The Labute approximate surface area is 104 Å². The molecule has 0 radical (unpaired) electrons. The average Bonchev–Trinajstić information content (AvgIpc) is 2.24. The first-order valence-corrected chi connectivity index (χ1v) is 6.35. The molecule has 0 saturated heterocycles. The molecule has 1 aliphatic heterocycles. The van der Waals surface area contributed by atoms with Crippen LogP contribution in [-0.2, 0) is 0 Å². The first kappa shape index (κ1) is 12.2. The van der Waals surface area contributed by atoms with Crippen molar-refractivity contribution in [3.05, 3.63) is 34.9 Å². The lowest BCUT2D eigenvalue weighted by atomic mass is 9.76. The minimum Gasteiger partial charge on any atom is -0.384 e. The summed E-state index contributed by atoms with van der Waals surface area (Å²) in [6.45, 7) is 8.78. The van der Waals surface area contributed by atoms with Gasteiger partial charge in [0.2, 0.25) is 0 Å². The molecule has 1 aliphatic carbocycles. The lowest BCUT2D eigenvalue weighted by Crippen LogP contribution is -2.34. The van der Waals surface area contributed by atoms with Crippen molar-refractivity contribution in [3.63, 3.8) is 0 Å². The minimum atomic E-state index is 0.306. The lowest BCUT2D eigenvalue weighted by Gasteiger charge is -2.34. The summed E-state index contributed by atoms with van der Waals surface area (Å²) in [5.74, 6) is 1.68. The number of allylic oxidation sites excluding steroid dienone is 3. The minimum absolute atomic E-state index is 0.306. The van der Waals surface area contributed by atoms with E-state index in [2.05, 4.69) is 44.8 Å². The van der Waals surface area contributed by atoms with Crippen LogP contribution >= 0.6 is 0 Å². The molecule has 2 N–H and O–H groups in total. The Balaban J connectivity index is 2.25. The Morgan fingerprint density at radius 2 is 1.88 bits per heavy atom. The maximum absolute atomic E-state index is 5.90. The van der Waals surface area contributed by atoms with Gasteiger partial charge in [-0.1, -0.05) is 35.8 Å². The molecule has 0 bridgehead atoms. The number of aliphatic imine (C=N–C) groups is 1. The van der Waals surface area contributed by atoms with Crippen LogP contribution in [0.25, 0.3) is 0 Å². The van der Waals surface area contributed by atoms with Crippen molar-refractivity contribution in [2.45, 2.75) is 40.2 Å². The van der Waals surface area contributed by atoms with Crippen molar-refractivity contribution >= 4 is 5.84 Å². The van der Waals surface area contributed by atoms with Crippen LogP contribution in [0.15, 0.2) is 39.9 Å². The SMILES string of the molecule is CC1=CCC(C2N=C(N)C=C(C)C2C)C(C)=C1. The van der Waals surface area contributed by atoms with Gasteiger partial charge in [0.05, 0.1) is 6.04 Å². The van der Waals surface area contributed by atoms with Gasteiger partial charge in [0, 0.05) is 11.8 Å². The Bertz CT molecular complexity index is 438. The second-order valence-electron chi connectivity index (χ2n) is 5.40. The number of hydrogen-bond donors (Lipinski definition) is 1. The van der Waals surface area contributed by atoms with Gasteiger partial charge in [0.15, 0.2) is 0 Å². The maximum atomic E-state index is 5.90. The van der Waals surface area contributed by atoms with E-state index < -0.39 is 0 Å². The maximum Gasteiger partial charge on any atom is 0.118 e. The van der Waals surface area contributed by atoms with Gasteiger partial charge < -0.3 is 5.73 Å². The molecular weight excluding hydrogens is 208 g/mol. The predicted molar refractivity (Wildman–Crippen MR) is 74.0 cm³/mol. The number of amidine groups is 1. The van der Waals surface area contributed by atoms with E-state index in [1.54, 1.807) is 0 Å². The summed E-state index contributed by atoms with van der Waals surface area (Å²) in [5, 5.41) is 0. The zero-order valence-electron chi connectivity index (χ0n) is 11.2. The quantitative estimate of drug-likeness (QED) is 0.738. The summed E-state index contributed by atoms with van der Waals surface area (Å²) in [7, 11) is 0. The Hall–Kier alpha value is -1.31. The molecule has 1 heterocycles. The van der Waals surface area contributed by atoms with E-state index in [1.807, 2.05) is 6.08 Å². The predicted octanol–water partition coefficient (Wildman–Crippen LogP) is 3.22. The van der Waals surface area contributed by atoms with Crippen LogP contribution in [0.2, 0.25) is 0 Å². The van der Waals surface area contributed by atoms with E-state index in [9.17, 15) is 0 Å². The topological polar surface area (TPSA) is 38.4 Å². The third-order valence-corrected chi connectivity index (χ3v) is 4.05. The van der Waals surface area contributed by atoms with Crippen LogP contribution in [0.3, 0.4) is 0 Å². The van der Waals surface area contributed by atoms with Crippen LogP contribution in [0, 0.1) is 11.8 Å². The highest BCUT2D eigenvalue weighted by atomic mass is 14.9. The van der Waals surface area contributed by atoms with E-state index in [4.69, 9.17) is 5.73 Å². The van der Waals surface area contributed by atoms with Gasteiger partial charge in [-0.2, -0.15) is 0 Å². The fraction of sp³-hybridized carbons (Fsp3) is 0.533. The standard InChI is InChI=1S/C15H22N2/c1-9-5-6-13(11(3)7-9)15-12(4)10(2)8-14(16)17-15/h5,7-8,12-13,15H,6H2,1-4H3,(H2,16,17). The molecule has 0 spiro atoms. The van der Waals surface area contributed by atoms with Crippen molar-refractivity contribution in [1.82, 2.24) is 0 Å². The molecule has 2 aliphatic rings. The molecule has 0 aromatic carbocycles. The van der Waals surface area contributed by atoms with Gasteiger partial charge in [0.1, 0.15) is 5.84 Å². The zero-order valence-corrected chi connectivity index (χ0v) is 11.2. The molecule has 2 nitrogen and oxygen atoms in total. The number of hydrogen-bond acceptors (Lipinski definition) is 2. The fourth-order valence-corrected chi connectivity index (χ4v) is 2.83. The molecular formula is C15H22N2. The molecule has 17 heavy (non-hydrogen) atoms. The monoisotopic (exact) mass is 230 g/mol. The van der Waals surface area contributed by atoms with Crippen molar-refractivity contribution in [2.75, 3.05) is 0 Å². The molecule has 2 heteroatoms. The molecule has 0 aromatic rings. The van der Waals surface area contributed by atoms with Crippen molar-refractivity contribution in [2.24, 2.45) is 22.6 Å². The Morgan fingerprint density at radius 3 is 2.53 bits per heavy atom. The average molecular weight is 230 g/mol. The van der Waals surface area contributed by atoms with Crippen molar-refractivity contribution < 1.29 is 0 Å². The van der Waals surface area contributed by atoms with E-state index in [0.29, 0.717) is 23.7 Å². The van der Waals surface area contributed by atoms with Gasteiger partial charge in [-0.3, -0.25) is 4.99 Å². The van der Waals surface area contributed by atoms with Crippen LogP contribution < -0.4 is 5.73 Å². The number of dihydropyridines is 1. The molecule has 2 rings (SSSR count). The lowest BCUT2D eigenvalue weighted by molar-refractivity contribution is 0.391. The van der Waals surface area contributed by atoms with Crippen LogP contribution in [0.5, 0.6) is 0 Å². The first-order chi connectivity index (χ1) is 7.99. The second-order valence-corrected chi connectivity index (χ2v) is 5.40. The van der Waals surface area contributed by atoms with E-state index >= 15 is 0 Å². The molecule has 3 unspecified atom stereocenters. The fourth-order valence-electron chi connectivity index (χ4n) is 2.83. The normalized spacial score (nSPS) is 33.5. The van der Waals surface area contributed by atoms with Gasteiger partial charge in [-0.05, 0) is 33.3 Å². The number of rotatable bonds is 1. The highest BCUT2D eigenvalue weighted by Gasteiger charge is 2.31. The molecule has 3 atom stereocenters. The van der Waals surface area contributed by atoms with E-state index in [-0.39, 0.29) is 0 Å². The molecule has 0 fully saturated rings. The Kier molecular flexibility index (Phi) is 3.23. The summed E-state index contributed by atoms with van der Waals surface area (Å²) in [6.07, 6.45) is 7.68. The van der Waals surface area contributed by atoms with Crippen LogP contribution in [-0.4, -0.2) is 11.9 Å². The number of nitrogens with two attached hydrogens (primary N) is 1. The largest absolute Gasteiger partial charge is 0.384 e. The number of nitrogens with zero attached hydrogens (tertiary/aromatic N) is 1. The van der Waals surface area contributed by atoms with Gasteiger partial charge in [-0.15, -0.1) is 0 Å². The molecule has 0 saturated carbocycles. The molecule has 92 valence electrons. The molecule has 0 aromatic heterocycles. The van der Waals surface area contributed by atoms with Crippen molar-refractivity contribution in [1.29, 1.82) is 0 Å². The van der Waals surface area contributed by atoms with Gasteiger partial charge >= 0.3 is 0 Å². The zero-order chi connectivity index (χ0) is 12.6. The summed E-state index contributed by atoms with van der Waals surface area (Å²) >= 11 is 0. The highest BCUT2D eigenvalue weighted by Crippen LogP contribution is 2.35. The molecule has 0 amide bonds. The van der Waals surface area contributed by atoms with E-state index in [1.165, 1.54) is 16.7 Å². The summed E-state index contributed by atoms with van der Waals surface area (Å²) < 4.78 is 0. The first-order valence-electron chi connectivity index (χ1n) is 6.35. The smallest absolute Gasteiger partial charge is 0.118 e. The van der Waals surface area contributed by atoms with Crippen LogP contribution in [0.4, 0.5) is 0 Å². The van der Waals surface area contributed by atoms with Gasteiger partial charge in [-0.25, -0.2) is 0 Å². The van der Waals surface area contributed by atoms with Crippen LogP contribution in [0.1, 0.15) is 34.1 Å².